The highest BCUT2D eigenvalue weighted by Gasteiger charge is 2.18. The number of benzene rings is 2. The molecule has 1 fully saturated rings. The van der Waals surface area contributed by atoms with Crippen molar-refractivity contribution in [3.8, 4) is 11.3 Å². The topological polar surface area (TPSA) is 130 Å². The van der Waals surface area contributed by atoms with Gasteiger partial charge in [0.15, 0.2) is 11.1 Å². The van der Waals surface area contributed by atoms with Crippen molar-refractivity contribution in [2.24, 2.45) is 0 Å². The lowest BCUT2D eigenvalue weighted by Gasteiger charge is -2.30. The molecular formula is C28H28N6O4S. The van der Waals surface area contributed by atoms with Crippen LogP contribution >= 0.6 is 0 Å². The molecule has 0 radical (unpaired) electrons. The molecule has 3 N–H and O–H groups in total. The summed E-state index contributed by atoms with van der Waals surface area (Å²) in [5.74, 6) is 0.0336. The van der Waals surface area contributed by atoms with Crippen molar-refractivity contribution in [2.45, 2.75) is 12.7 Å². The van der Waals surface area contributed by atoms with Gasteiger partial charge in [0.1, 0.15) is 0 Å². The Morgan fingerprint density at radius 2 is 1.95 bits per heavy atom. The first kappa shape index (κ1) is 26.4. The van der Waals surface area contributed by atoms with E-state index in [9.17, 15) is 13.6 Å². The number of morpholine rings is 1. The van der Waals surface area contributed by atoms with E-state index in [1.54, 1.807) is 30.7 Å². The molecule has 1 amide bonds. The highest BCUT2D eigenvalue weighted by Crippen LogP contribution is 2.27. The van der Waals surface area contributed by atoms with Gasteiger partial charge in [-0.2, -0.15) is 0 Å². The smallest absolute Gasteiger partial charge is 0.255 e. The number of anilines is 4. The van der Waals surface area contributed by atoms with Crippen LogP contribution in [-0.4, -0.2) is 55.9 Å². The molecule has 1 aliphatic heterocycles. The molecule has 3 heterocycles. The Morgan fingerprint density at radius 3 is 2.72 bits per heavy atom. The Kier molecular flexibility index (Phi) is 8.21. The fourth-order valence-corrected chi connectivity index (χ4v) is 4.84. The Bertz CT molecular complexity index is 1490. The molecule has 200 valence electrons. The second-order valence-electron chi connectivity index (χ2n) is 9.02. The summed E-state index contributed by atoms with van der Waals surface area (Å²) in [6.07, 6.45) is 5.13. The number of nitrogens with one attached hydrogen (secondary N) is 2. The fourth-order valence-electron chi connectivity index (χ4n) is 4.34. The van der Waals surface area contributed by atoms with Crippen LogP contribution in [0.1, 0.15) is 21.5 Å². The van der Waals surface area contributed by atoms with E-state index in [0.717, 1.165) is 28.2 Å². The van der Waals surface area contributed by atoms with Gasteiger partial charge >= 0.3 is 0 Å². The first-order valence-corrected chi connectivity index (χ1v) is 13.7. The van der Waals surface area contributed by atoms with E-state index in [1.807, 2.05) is 49.4 Å². The summed E-state index contributed by atoms with van der Waals surface area (Å²) < 4.78 is 26.6. The molecule has 1 unspecified atom stereocenters. The van der Waals surface area contributed by atoms with Crippen LogP contribution < -0.4 is 15.5 Å². The van der Waals surface area contributed by atoms with E-state index in [4.69, 9.17) is 4.74 Å². The second kappa shape index (κ2) is 12.1. The van der Waals surface area contributed by atoms with E-state index in [1.165, 1.54) is 0 Å². The molecule has 4 aromatic rings. The number of carbonyl (C=O) groups is 1. The predicted octanol–water partition coefficient (Wildman–Crippen LogP) is 4.40. The molecule has 1 saturated heterocycles. The third-order valence-corrected chi connectivity index (χ3v) is 6.89. The standard InChI is InChI=1S/C28H28N6O4S/c1-19-4-6-23(16-25(19)33-28-30-10-8-24(32-28)21-3-2-9-29-17-21)31-27(35)20-5-7-26(22(15-20)18-39(36)37)34-11-13-38-14-12-34/h2-10,15-17H,11-14,18H2,1H3,(H,31,35)(H,36,37)(H,30,32,33). The summed E-state index contributed by atoms with van der Waals surface area (Å²) in [5, 5.41) is 6.17. The van der Waals surface area contributed by atoms with Crippen LogP contribution in [-0.2, 0) is 21.6 Å². The first-order valence-electron chi connectivity index (χ1n) is 12.4. The molecule has 0 bridgehead atoms. The molecule has 10 nitrogen and oxygen atoms in total. The zero-order valence-corrected chi connectivity index (χ0v) is 22.1. The van der Waals surface area contributed by atoms with Crippen LogP contribution in [0.4, 0.5) is 23.0 Å². The quantitative estimate of drug-likeness (QED) is 0.276. The third-order valence-electron chi connectivity index (χ3n) is 6.33. The Morgan fingerprint density at radius 1 is 1.10 bits per heavy atom. The average Bonchev–Trinajstić information content (AvgIpc) is 2.95. The Labute approximate surface area is 228 Å². The summed E-state index contributed by atoms with van der Waals surface area (Å²) in [6, 6.07) is 16.4. The number of aromatic nitrogens is 3. The predicted molar refractivity (Wildman–Crippen MR) is 152 cm³/mol. The molecule has 0 saturated carbocycles. The summed E-state index contributed by atoms with van der Waals surface area (Å²) in [5.41, 5.74) is 5.78. The summed E-state index contributed by atoms with van der Waals surface area (Å²) >= 11 is -2.04. The van der Waals surface area contributed by atoms with Crippen LogP contribution in [0.5, 0.6) is 0 Å². The van der Waals surface area contributed by atoms with Gasteiger partial charge in [0.25, 0.3) is 5.91 Å². The number of rotatable bonds is 8. The average molecular weight is 545 g/mol. The number of amides is 1. The van der Waals surface area contributed by atoms with Crippen molar-refractivity contribution >= 4 is 40.0 Å². The summed E-state index contributed by atoms with van der Waals surface area (Å²) in [4.78, 5) is 28.3. The number of carbonyl (C=O) groups excluding carboxylic acids is 1. The molecule has 0 spiro atoms. The van der Waals surface area contributed by atoms with E-state index >= 15 is 0 Å². The molecule has 39 heavy (non-hydrogen) atoms. The maximum atomic E-state index is 13.2. The zero-order chi connectivity index (χ0) is 27.2. The zero-order valence-electron chi connectivity index (χ0n) is 21.3. The normalized spacial score (nSPS) is 14.1. The number of nitrogens with zero attached hydrogens (tertiary/aromatic N) is 4. The lowest BCUT2D eigenvalue weighted by molar-refractivity contribution is 0.102. The van der Waals surface area contributed by atoms with Gasteiger partial charge in [-0.3, -0.25) is 9.78 Å². The Balaban J connectivity index is 1.34. The van der Waals surface area contributed by atoms with Gasteiger partial charge in [-0.15, -0.1) is 0 Å². The number of aryl methyl sites for hydroxylation is 1. The van der Waals surface area contributed by atoms with Crippen molar-refractivity contribution in [1.29, 1.82) is 0 Å². The molecule has 1 aliphatic rings. The molecule has 2 aromatic carbocycles. The van der Waals surface area contributed by atoms with Gasteiger partial charge < -0.3 is 24.8 Å². The van der Waals surface area contributed by atoms with E-state index < -0.39 is 11.1 Å². The first-order chi connectivity index (χ1) is 19.0. The lowest BCUT2D eigenvalue weighted by atomic mass is 10.1. The molecule has 0 aliphatic carbocycles. The molecular weight excluding hydrogens is 516 g/mol. The third kappa shape index (κ3) is 6.63. The number of hydrogen-bond donors (Lipinski definition) is 3. The molecule has 2 aromatic heterocycles. The summed E-state index contributed by atoms with van der Waals surface area (Å²) in [7, 11) is 0. The van der Waals surface area contributed by atoms with Crippen LogP contribution in [0, 0.1) is 6.92 Å². The van der Waals surface area contributed by atoms with Crippen LogP contribution in [0.2, 0.25) is 0 Å². The molecule has 11 heteroatoms. The minimum Gasteiger partial charge on any atom is -0.378 e. The maximum absolute atomic E-state index is 13.2. The summed E-state index contributed by atoms with van der Waals surface area (Å²) in [6.45, 7) is 4.50. The van der Waals surface area contributed by atoms with Crippen LogP contribution in [0.15, 0.2) is 73.2 Å². The van der Waals surface area contributed by atoms with Gasteiger partial charge in [0, 0.05) is 59.9 Å². The van der Waals surface area contributed by atoms with E-state index in [2.05, 4.69) is 30.5 Å². The lowest BCUT2D eigenvalue weighted by Crippen LogP contribution is -2.37. The van der Waals surface area contributed by atoms with Crippen molar-refractivity contribution in [3.05, 3.63) is 89.9 Å². The number of ether oxygens (including phenoxy) is 1. The number of pyridine rings is 1. The second-order valence-corrected chi connectivity index (χ2v) is 9.96. The van der Waals surface area contributed by atoms with Gasteiger partial charge in [0.05, 0.1) is 24.7 Å². The van der Waals surface area contributed by atoms with Gasteiger partial charge in [-0.05, 0) is 66.6 Å². The monoisotopic (exact) mass is 544 g/mol. The highest BCUT2D eigenvalue weighted by atomic mass is 32.2. The highest BCUT2D eigenvalue weighted by molar-refractivity contribution is 7.78. The SMILES string of the molecule is Cc1ccc(NC(=O)c2ccc(N3CCOCC3)c(CS(=O)O)c2)cc1Nc1nccc(-c2cccnc2)n1. The van der Waals surface area contributed by atoms with Crippen molar-refractivity contribution in [3.63, 3.8) is 0 Å². The van der Waals surface area contributed by atoms with Crippen molar-refractivity contribution in [2.75, 3.05) is 41.8 Å². The van der Waals surface area contributed by atoms with Gasteiger partial charge in [-0.1, -0.05) is 6.07 Å². The van der Waals surface area contributed by atoms with Crippen LogP contribution in [0.3, 0.4) is 0 Å². The molecule has 5 rings (SSSR count). The number of hydrogen-bond acceptors (Lipinski definition) is 8. The van der Waals surface area contributed by atoms with Crippen LogP contribution in [0.25, 0.3) is 11.3 Å². The van der Waals surface area contributed by atoms with Crippen molar-refractivity contribution in [1.82, 2.24) is 15.0 Å². The molecule has 1 atom stereocenters. The van der Waals surface area contributed by atoms with E-state index in [-0.39, 0.29) is 11.7 Å². The largest absolute Gasteiger partial charge is 0.378 e. The van der Waals surface area contributed by atoms with Gasteiger partial charge in [-0.25, -0.2) is 14.2 Å². The van der Waals surface area contributed by atoms with Crippen molar-refractivity contribution < 1.29 is 18.3 Å². The van der Waals surface area contributed by atoms with E-state index in [0.29, 0.717) is 49.1 Å². The minimum absolute atomic E-state index is 0.0650. The van der Waals surface area contributed by atoms with Gasteiger partial charge in [0.2, 0.25) is 5.95 Å². The minimum atomic E-state index is -2.04. The Hall–Kier alpha value is -4.19. The fraction of sp³-hybridized carbons (Fsp3) is 0.214. The maximum Gasteiger partial charge on any atom is 0.255 e.